The molecule has 0 saturated carbocycles. The minimum atomic E-state index is -1.07. The predicted molar refractivity (Wildman–Crippen MR) is 80.4 cm³/mol. The Morgan fingerprint density at radius 1 is 1.27 bits per heavy atom. The number of nitrogens with zero attached hydrogens (tertiary/aromatic N) is 2. The lowest BCUT2D eigenvalue weighted by molar-refractivity contribution is -0.136. The van der Waals surface area contributed by atoms with Crippen LogP contribution in [0.3, 0.4) is 0 Å². The fourth-order valence-corrected chi connectivity index (χ4v) is 2.59. The van der Waals surface area contributed by atoms with Gasteiger partial charge in [0.05, 0.1) is 28.8 Å². The standard InChI is InChI=1S/C16H14N2O4/c1-9-12(8-13(19)20)16(21)22-15-14(9)10(2)17-18(15)11-6-4-3-5-7-11/h3-7H,8H2,1-2H3,(H,19,20). The topological polar surface area (TPSA) is 85.3 Å². The molecule has 0 spiro atoms. The second-order valence-corrected chi connectivity index (χ2v) is 5.08. The molecule has 2 heterocycles. The third-order valence-corrected chi connectivity index (χ3v) is 3.61. The first-order chi connectivity index (χ1) is 10.5. The molecule has 3 rings (SSSR count). The van der Waals surface area contributed by atoms with Crippen LogP contribution in [0.4, 0.5) is 0 Å². The van der Waals surface area contributed by atoms with Gasteiger partial charge in [0, 0.05) is 0 Å². The van der Waals surface area contributed by atoms with Crippen LogP contribution < -0.4 is 5.63 Å². The summed E-state index contributed by atoms with van der Waals surface area (Å²) in [6.07, 6.45) is -0.361. The highest BCUT2D eigenvalue weighted by Gasteiger charge is 2.20. The Kier molecular flexibility index (Phi) is 3.29. The molecule has 0 fully saturated rings. The average Bonchev–Trinajstić information content (AvgIpc) is 2.81. The fraction of sp³-hybridized carbons (Fsp3) is 0.188. The van der Waals surface area contributed by atoms with Crippen LogP contribution in [0.25, 0.3) is 16.8 Å². The number of aliphatic carboxylic acids is 1. The Morgan fingerprint density at radius 3 is 2.59 bits per heavy atom. The first-order valence-electron chi connectivity index (χ1n) is 6.78. The van der Waals surface area contributed by atoms with Gasteiger partial charge in [-0.15, -0.1) is 0 Å². The van der Waals surface area contributed by atoms with E-state index in [0.29, 0.717) is 22.4 Å². The molecule has 0 unspecified atom stereocenters. The minimum Gasteiger partial charge on any atom is -0.481 e. The zero-order valence-corrected chi connectivity index (χ0v) is 12.2. The van der Waals surface area contributed by atoms with Gasteiger partial charge in [-0.3, -0.25) is 4.79 Å². The van der Waals surface area contributed by atoms with Crippen molar-refractivity contribution in [2.75, 3.05) is 0 Å². The number of hydrogen-bond acceptors (Lipinski definition) is 4. The lowest BCUT2D eigenvalue weighted by Crippen LogP contribution is -2.15. The Labute approximate surface area is 125 Å². The SMILES string of the molecule is Cc1nn(-c2ccccc2)c2oc(=O)c(CC(=O)O)c(C)c12. The maximum Gasteiger partial charge on any atom is 0.341 e. The molecule has 3 aromatic rings. The number of aromatic nitrogens is 2. The summed E-state index contributed by atoms with van der Waals surface area (Å²) in [4.78, 5) is 23.0. The highest BCUT2D eigenvalue weighted by Crippen LogP contribution is 2.25. The van der Waals surface area contributed by atoms with Crippen LogP contribution in [0.1, 0.15) is 16.8 Å². The van der Waals surface area contributed by atoms with E-state index in [1.165, 1.54) is 0 Å². The zero-order valence-electron chi connectivity index (χ0n) is 12.2. The van der Waals surface area contributed by atoms with E-state index >= 15 is 0 Å². The van der Waals surface area contributed by atoms with Crippen molar-refractivity contribution in [2.24, 2.45) is 0 Å². The van der Waals surface area contributed by atoms with Gasteiger partial charge in [0.1, 0.15) is 0 Å². The molecule has 0 radical (unpaired) electrons. The van der Waals surface area contributed by atoms with E-state index in [9.17, 15) is 9.59 Å². The molecule has 22 heavy (non-hydrogen) atoms. The molecule has 6 heteroatoms. The number of fused-ring (bicyclic) bond motifs is 1. The summed E-state index contributed by atoms with van der Waals surface area (Å²) in [5, 5.41) is 14.0. The summed E-state index contributed by atoms with van der Waals surface area (Å²) in [5.41, 5.74) is 1.93. The van der Waals surface area contributed by atoms with E-state index in [4.69, 9.17) is 9.52 Å². The summed E-state index contributed by atoms with van der Waals surface area (Å²) in [5.74, 6) is -1.07. The maximum absolute atomic E-state index is 12.1. The Balaban J connectivity index is 2.33. The summed E-state index contributed by atoms with van der Waals surface area (Å²) in [7, 11) is 0. The fourth-order valence-electron chi connectivity index (χ4n) is 2.59. The first kappa shape index (κ1) is 14.1. The van der Waals surface area contributed by atoms with Crippen molar-refractivity contribution in [2.45, 2.75) is 20.3 Å². The van der Waals surface area contributed by atoms with E-state index in [-0.39, 0.29) is 12.0 Å². The maximum atomic E-state index is 12.1. The molecule has 0 atom stereocenters. The highest BCUT2D eigenvalue weighted by molar-refractivity contribution is 5.84. The van der Waals surface area contributed by atoms with Gasteiger partial charge in [-0.25, -0.2) is 4.79 Å². The second kappa shape index (κ2) is 5.14. The van der Waals surface area contributed by atoms with Crippen LogP contribution in [0.5, 0.6) is 0 Å². The second-order valence-electron chi connectivity index (χ2n) is 5.08. The third-order valence-electron chi connectivity index (χ3n) is 3.61. The van der Waals surface area contributed by atoms with Crippen molar-refractivity contribution >= 4 is 17.1 Å². The van der Waals surface area contributed by atoms with Crippen LogP contribution in [-0.4, -0.2) is 20.9 Å². The predicted octanol–water partition coefficient (Wildman–Crippen LogP) is 2.22. The number of carbonyl (C=O) groups is 1. The zero-order chi connectivity index (χ0) is 15.9. The van der Waals surface area contributed by atoms with Crippen molar-refractivity contribution in [3.8, 4) is 5.69 Å². The molecule has 6 nitrogen and oxygen atoms in total. The lowest BCUT2D eigenvalue weighted by atomic mass is 10.1. The smallest absolute Gasteiger partial charge is 0.341 e. The number of carboxylic acid groups (broad SMARTS) is 1. The van der Waals surface area contributed by atoms with E-state index in [0.717, 1.165) is 5.69 Å². The van der Waals surface area contributed by atoms with Gasteiger partial charge in [-0.2, -0.15) is 9.78 Å². The number of rotatable bonds is 3. The summed E-state index contributed by atoms with van der Waals surface area (Å²) < 4.78 is 6.92. The molecule has 0 aliphatic carbocycles. The van der Waals surface area contributed by atoms with Gasteiger partial charge in [-0.05, 0) is 31.5 Å². The molecule has 0 aliphatic heterocycles. The highest BCUT2D eigenvalue weighted by atomic mass is 16.4. The third kappa shape index (κ3) is 2.18. The molecule has 0 amide bonds. The summed E-state index contributed by atoms with van der Waals surface area (Å²) >= 11 is 0. The molecule has 0 aliphatic rings. The van der Waals surface area contributed by atoms with Crippen molar-refractivity contribution < 1.29 is 14.3 Å². The molecular weight excluding hydrogens is 284 g/mol. The van der Waals surface area contributed by atoms with Crippen LogP contribution in [0.2, 0.25) is 0 Å². The number of carboxylic acids is 1. The Hall–Kier alpha value is -2.89. The molecule has 0 saturated heterocycles. The van der Waals surface area contributed by atoms with Crippen LogP contribution in [0.15, 0.2) is 39.5 Å². The normalized spacial score (nSPS) is 11.0. The van der Waals surface area contributed by atoms with Gasteiger partial charge in [-0.1, -0.05) is 18.2 Å². The summed E-state index contributed by atoms with van der Waals surface area (Å²) in [6.45, 7) is 3.53. The largest absolute Gasteiger partial charge is 0.481 e. The minimum absolute atomic E-state index is 0.163. The van der Waals surface area contributed by atoms with Crippen molar-refractivity contribution in [1.82, 2.24) is 9.78 Å². The number of para-hydroxylation sites is 1. The monoisotopic (exact) mass is 298 g/mol. The van der Waals surface area contributed by atoms with Gasteiger partial charge >= 0.3 is 11.6 Å². The van der Waals surface area contributed by atoms with Crippen LogP contribution in [0, 0.1) is 13.8 Å². The van der Waals surface area contributed by atoms with Gasteiger partial charge in [0.25, 0.3) is 0 Å². The van der Waals surface area contributed by atoms with Gasteiger partial charge < -0.3 is 9.52 Å². The van der Waals surface area contributed by atoms with Crippen molar-refractivity contribution in [1.29, 1.82) is 0 Å². The van der Waals surface area contributed by atoms with Gasteiger partial charge in [0.15, 0.2) is 0 Å². The average molecular weight is 298 g/mol. The molecule has 2 aromatic heterocycles. The number of aryl methyl sites for hydroxylation is 2. The first-order valence-corrected chi connectivity index (χ1v) is 6.78. The summed E-state index contributed by atoms with van der Waals surface area (Å²) in [6, 6.07) is 9.32. The van der Waals surface area contributed by atoms with E-state index in [1.807, 2.05) is 30.3 Å². The number of hydrogen-bond donors (Lipinski definition) is 1. The Morgan fingerprint density at radius 2 is 1.95 bits per heavy atom. The van der Waals surface area contributed by atoms with Gasteiger partial charge in [0.2, 0.25) is 5.71 Å². The molecular formula is C16H14N2O4. The van der Waals surface area contributed by atoms with Crippen molar-refractivity contribution in [3.05, 3.63) is 57.6 Å². The van der Waals surface area contributed by atoms with Crippen molar-refractivity contribution in [3.63, 3.8) is 0 Å². The molecule has 112 valence electrons. The lowest BCUT2D eigenvalue weighted by Gasteiger charge is -2.05. The molecule has 1 N–H and O–H groups in total. The van der Waals surface area contributed by atoms with E-state index in [2.05, 4.69) is 5.10 Å². The van der Waals surface area contributed by atoms with Crippen LogP contribution >= 0.6 is 0 Å². The van der Waals surface area contributed by atoms with E-state index in [1.54, 1.807) is 18.5 Å². The van der Waals surface area contributed by atoms with E-state index < -0.39 is 11.6 Å². The Bertz CT molecular complexity index is 923. The molecule has 1 aromatic carbocycles. The molecule has 0 bridgehead atoms. The quantitative estimate of drug-likeness (QED) is 0.801. The number of benzene rings is 1. The van der Waals surface area contributed by atoms with Crippen LogP contribution in [-0.2, 0) is 11.2 Å².